The Balaban J connectivity index is 3.22. The second-order valence-corrected chi connectivity index (χ2v) is 13.4. The van der Waals surface area contributed by atoms with Gasteiger partial charge in [0.15, 0.2) is 8.32 Å². The number of unbranched alkanes of at least 4 members (excludes halogenated alkanes) is 13. The fourth-order valence-electron chi connectivity index (χ4n) is 3.22. The van der Waals surface area contributed by atoms with Crippen molar-refractivity contribution in [1.82, 2.24) is 0 Å². The standard InChI is InChI=1S/C22H47ClO2Si/c1-5-6-7-8-9-10-11-12-13-14-15-16-17-18-19-24-21-22(20-23)25-26(2,3)4/h22H,5-21H2,1-4H3/t22-/m1/s1. The molecule has 0 aromatic carbocycles. The maximum atomic E-state index is 5.99. The van der Waals surface area contributed by atoms with Gasteiger partial charge >= 0.3 is 0 Å². The van der Waals surface area contributed by atoms with E-state index in [0.717, 1.165) is 6.61 Å². The van der Waals surface area contributed by atoms with E-state index in [1.165, 1.54) is 89.9 Å². The lowest BCUT2D eigenvalue weighted by Gasteiger charge is -2.24. The Labute approximate surface area is 170 Å². The summed E-state index contributed by atoms with van der Waals surface area (Å²) in [6.45, 7) is 10.4. The highest BCUT2D eigenvalue weighted by molar-refractivity contribution is 6.69. The van der Waals surface area contributed by atoms with E-state index >= 15 is 0 Å². The molecule has 0 fully saturated rings. The van der Waals surface area contributed by atoms with Crippen molar-refractivity contribution < 1.29 is 9.16 Å². The van der Waals surface area contributed by atoms with Crippen molar-refractivity contribution in [2.24, 2.45) is 0 Å². The lowest BCUT2D eigenvalue weighted by atomic mass is 10.0. The van der Waals surface area contributed by atoms with Crippen molar-refractivity contribution in [2.45, 2.75) is 123 Å². The molecule has 0 saturated heterocycles. The van der Waals surface area contributed by atoms with Crippen LogP contribution in [0.2, 0.25) is 19.6 Å². The minimum absolute atomic E-state index is 0.0648. The molecule has 1 atom stereocenters. The average Bonchev–Trinajstić information content (AvgIpc) is 2.59. The van der Waals surface area contributed by atoms with Crippen molar-refractivity contribution in [1.29, 1.82) is 0 Å². The van der Waals surface area contributed by atoms with Crippen LogP contribution in [0, 0.1) is 0 Å². The van der Waals surface area contributed by atoms with Crippen LogP contribution in [0.25, 0.3) is 0 Å². The van der Waals surface area contributed by atoms with Gasteiger partial charge in [-0.15, -0.1) is 11.6 Å². The second-order valence-electron chi connectivity index (χ2n) is 8.68. The molecule has 26 heavy (non-hydrogen) atoms. The predicted octanol–water partition coefficient (Wildman–Crippen LogP) is 7.94. The molecule has 0 heterocycles. The van der Waals surface area contributed by atoms with Gasteiger partial charge in [0.1, 0.15) is 0 Å². The minimum Gasteiger partial charge on any atom is -0.411 e. The van der Waals surface area contributed by atoms with E-state index in [9.17, 15) is 0 Å². The highest BCUT2D eigenvalue weighted by Gasteiger charge is 2.20. The number of hydrogen-bond acceptors (Lipinski definition) is 2. The van der Waals surface area contributed by atoms with Crippen LogP contribution >= 0.6 is 11.6 Å². The molecule has 158 valence electrons. The first-order chi connectivity index (χ1) is 12.5. The topological polar surface area (TPSA) is 18.5 Å². The van der Waals surface area contributed by atoms with Crippen LogP contribution in [-0.4, -0.2) is 33.5 Å². The van der Waals surface area contributed by atoms with Gasteiger partial charge in [0.2, 0.25) is 0 Å². The largest absolute Gasteiger partial charge is 0.411 e. The summed E-state index contributed by atoms with van der Waals surface area (Å²) in [4.78, 5) is 0. The van der Waals surface area contributed by atoms with Crippen molar-refractivity contribution in [3.63, 3.8) is 0 Å². The number of halogens is 1. The van der Waals surface area contributed by atoms with Crippen molar-refractivity contribution >= 4 is 19.9 Å². The maximum Gasteiger partial charge on any atom is 0.184 e. The summed E-state index contributed by atoms with van der Waals surface area (Å²) in [7, 11) is -1.52. The number of alkyl halides is 1. The van der Waals surface area contributed by atoms with E-state index < -0.39 is 8.32 Å². The highest BCUT2D eigenvalue weighted by atomic mass is 35.5. The van der Waals surface area contributed by atoms with Gasteiger partial charge in [0.25, 0.3) is 0 Å². The summed E-state index contributed by atoms with van der Waals surface area (Å²) >= 11 is 5.96. The molecular weight excluding hydrogens is 360 g/mol. The Hall–Kier alpha value is 0.427. The molecule has 0 unspecified atom stereocenters. The molecule has 0 bridgehead atoms. The van der Waals surface area contributed by atoms with Crippen LogP contribution in [-0.2, 0) is 9.16 Å². The van der Waals surface area contributed by atoms with Crippen LogP contribution in [0.3, 0.4) is 0 Å². The monoisotopic (exact) mass is 406 g/mol. The van der Waals surface area contributed by atoms with E-state index in [0.29, 0.717) is 12.5 Å². The van der Waals surface area contributed by atoms with Gasteiger partial charge in [-0.2, -0.15) is 0 Å². The zero-order chi connectivity index (χ0) is 19.5. The van der Waals surface area contributed by atoms with E-state index in [4.69, 9.17) is 20.8 Å². The minimum atomic E-state index is -1.52. The summed E-state index contributed by atoms with van der Waals surface area (Å²) in [5.41, 5.74) is 0. The van der Waals surface area contributed by atoms with Gasteiger partial charge in [0, 0.05) is 12.5 Å². The van der Waals surface area contributed by atoms with E-state index in [1.54, 1.807) is 0 Å². The highest BCUT2D eigenvalue weighted by Crippen LogP contribution is 2.13. The molecule has 0 rings (SSSR count). The Morgan fingerprint density at radius 2 is 1.12 bits per heavy atom. The van der Waals surface area contributed by atoms with Crippen molar-refractivity contribution in [3.05, 3.63) is 0 Å². The molecule has 0 amide bonds. The smallest absolute Gasteiger partial charge is 0.184 e. The third kappa shape index (κ3) is 20.7. The SMILES string of the molecule is CCCCCCCCCCCCCCCCOC[C@@H](CCl)O[Si](C)(C)C. The van der Waals surface area contributed by atoms with Crippen LogP contribution in [0.4, 0.5) is 0 Å². The molecule has 0 aliphatic rings. The Morgan fingerprint density at radius 1 is 0.692 bits per heavy atom. The first-order valence-electron chi connectivity index (χ1n) is 11.3. The maximum absolute atomic E-state index is 5.99. The molecule has 0 saturated carbocycles. The molecule has 0 aromatic rings. The second kappa shape index (κ2) is 18.8. The molecule has 0 aliphatic heterocycles. The summed E-state index contributed by atoms with van der Waals surface area (Å²) in [6.07, 6.45) is 19.6. The van der Waals surface area contributed by atoms with Crippen LogP contribution in [0.15, 0.2) is 0 Å². The predicted molar refractivity (Wildman–Crippen MR) is 120 cm³/mol. The fraction of sp³-hybridized carbons (Fsp3) is 1.00. The molecule has 0 radical (unpaired) electrons. The lowest BCUT2D eigenvalue weighted by molar-refractivity contribution is 0.0547. The third-order valence-corrected chi connectivity index (χ3v) is 6.02. The van der Waals surface area contributed by atoms with Gasteiger partial charge in [-0.1, -0.05) is 90.4 Å². The van der Waals surface area contributed by atoms with Crippen LogP contribution in [0.5, 0.6) is 0 Å². The van der Waals surface area contributed by atoms with E-state index in [-0.39, 0.29) is 6.10 Å². The van der Waals surface area contributed by atoms with E-state index in [2.05, 4.69) is 26.6 Å². The van der Waals surface area contributed by atoms with Gasteiger partial charge < -0.3 is 9.16 Å². The van der Waals surface area contributed by atoms with Crippen molar-refractivity contribution in [3.8, 4) is 0 Å². The molecule has 0 aromatic heterocycles. The van der Waals surface area contributed by atoms with Gasteiger partial charge in [-0.05, 0) is 26.1 Å². The third-order valence-electron chi connectivity index (χ3n) is 4.64. The zero-order valence-corrected chi connectivity index (χ0v) is 20.0. The van der Waals surface area contributed by atoms with E-state index in [1.807, 2.05) is 0 Å². The zero-order valence-electron chi connectivity index (χ0n) is 18.3. The first-order valence-corrected chi connectivity index (χ1v) is 15.3. The number of rotatable bonds is 20. The number of hydrogen-bond donors (Lipinski definition) is 0. The fourth-order valence-corrected chi connectivity index (χ4v) is 4.63. The van der Waals surface area contributed by atoms with Crippen LogP contribution in [0.1, 0.15) is 96.8 Å². The molecule has 0 N–H and O–H groups in total. The first kappa shape index (κ1) is 26.4. The Kier molecular flexibility index (Phi) is 19.1. The van der Waals surface area contributed by atoms with Gasteiger partial charge in [-0.3, -0.25) is 0 Å². The summed E-state index contributed by atoms with van der Waals surface area (Å²) in [6, 6.07) is 0. The molecule has 4 heteroatoms. The Morgan fingerprint density at radius 3 is 1.50 bits per heavy atom. The molecule has 0 aliphatic carbocycles. The summed E-state index contributed by atoms with van der Waals surface area (Å²) in [5, 5.41) is 0. The summed E-state index contributed by atoms with van der Waals surface area (Å²) in [5.74, 6) is 0.531. The normalized spacial score (nSPS) is 13.3. The molecule has 0 spiro atoms. The Bertz CT molecular complexity index is 282. The molecule has 2 nitrogen and oxygen atoms in total. The quantitative estimate of drug-likeness (QED) is 0.116. The summed E-state index contributed by atoms with van der Waals surface area (Å²) < 4.78 is 11.7. The van der Waals surface area contributed by atoms with Gasteiger partial charge in [0.05, 0.1) is 12.7 Å². The van der Waals surface area contributed by atoms with Crippen molar-refractivity contribution in [2.75, 3.05) is 19.1 Å². The number of ether oxygens (including phenoxy) is 1. The lowest BCUT2D eigenvalue weighted by Crippen LogP contribution is -2.35. The average molecular weight is 407 g/mol. The molecular formula is C22H47ClO2Si. The van der Waals surface area contributed by atoms with Crippen LogP contribution < -0.4 is 0 Å². The van der Waals surface area contributed by atoms with Gasteiger partial charge in [-0.25, -0.2) is 0 Å².